The van der Waals surface area contributed by atoms with Gasteiger partial charge in [0.2, 0.25) is 5.78 Å². The molecule has 0 aliphatic heterocycles. The van der Waals surface area contributed by atoms with Crippen molar-refractivity contribution in [2.24, 2.45) is 0 Å². The second-order valence-electron chi connectivity index (χ2n) is 5.85. The zero-order chi connectivity index (χ0) is 16.1. The van der Waals surface area contributed by atoms with E-state index in [0.29, 0.717) is 16.7 Å². The Kier molecular flexibility index (Phi) is 2.81. The van der Waals surface area contributed by atoms with Gasteiger partial charge in [0.1, 0.15) is 5.69 Å². The van der Waals surface area contributed by atoms with Gasteiger partial charge in [-0.3, -0.25) is 14.6 Å². The van der Waals surface area contributed by atoms with E-state index in [9.17, 15) is 9.59 Å². The van der Waals surface area contributed by atoms with Crippen molar-refractivity contribution in [3.63, 3.8) is 0 Å². The van der Waals surface area contributed by atoms with E-state index in [-0.39, 0.29) is 17.3 Å². The Morgan fingerprint density at radius 2 is 1.70 bits per heavy atom. The highest BCUT2D eigenvalue weighted by Gasteiger charge is 2.32. The molecule has 0 saturated heterocycles. The Hall–Kier alpha value is -3.01. The van der Waals surface area contributed by atoms with E-state index in [1.54, 1.807) is 24.4 Å². The number of fused-ring (bicyclic) bond motifs is 4. The van der Waals surface area contributed by atoms with Crippen LogP contribution in [0.2, 0.25) is 0 Å². The summed E-state index contributed by atoms with van der Waals surface area (Å²) in [6.45, 7) is 0. The van der Waals surface area contributed by atoms with Crippen LogP contribution in [-0.2, 0) is 0 Å². The molecule has 0 fully saturated rings. The van der Waals surface area contributed by atoms with Crippen LogP contribution < -0.4 is 4.90 Å². The number of nitrogens with zero attached hydrogens (tertiary/aromatic N) is 2. The third-order valence-electron chi connectivity index (χ3n) is 4.26. The lowest BCUT2D eigenvalue weighted by molar-refractivity contribution is 0.0976. The summed E-state index contributed by atoms with van der Waals surface area (Å²) in [5, 5.41) is 1.73. The molecule has 4 rings (SSSR count). The van der Waals surface area contributed by atoms with E-state index >= 15 is 0 Å². The molecule has 0 bridgehead atoms. The standard InChI is InChI=1S/C19H14N2O2/c1-21(2)12-7-5-11-6-8-13-16(15(11)10-12)19(23)17-14(18(13)22)4-3-9-20-17/h3-10H,1-2H3. The Labute approximate surface area is 133 Å². The molecule has 0 radical (unpaired) electrons. The Balaban J connectivity index is 2.07. The van der Waals surface area contributed by atoms with Gasteiger partial charge in [-0.1, -0.05) is 12.1 Å². The quantitative estimate of drug-likeness (QED) is 0.542. The second-order valence-corrected chi connectivity index (χ2v) is 5.85. The van der Waals surface area contributed by atoms with Gasteiger partial charge in [-0.05, 0) is 41.1 Å². The van der Waals surface area contributed by atoms with Crippen LogP contribution in [0.5, 0.6) is 0 Å². The van der Waals surface area contributed by atoms with Gasteiger partial charge in [0.15, 0.2) is 5.78 Å². The molecule has 0 N–H and O–H groups in total. The van der Waals surface area contributed by atoms with Gasteiger partial charge < -0.3 is 4.90 Å². The molecule has 1 heterocycles. The topological polar surface area (TPSA) is 50.3 Å². The number of carbonyl (C=O) groups is 2. The molecule has 0 atom stereocenters. The number of hydrogen-bond acceptors (Lipinski definition) is 4. The van der Waals surface area contributed by atoms with Crippen molar-refractivity contribution in [3.05, 3.63) is 71.0 Å². The van der Waals surface area contributed by atoms with Crippen LogP contribution in [0.25, 0.3) is 10.8 Å². The van der Waals surface area contributed by atoms with E-state index in [1.165, 1.54) is 0 Å². The molecule has 0 amide bonds. The summed E-state index contributed by atoms with van der Waals surface area (Å²) in [6.07, 6.45) is 1.55. The fraction of sp³-hybridized carbons (Fsp3) is 0.105. The van der Waals surface area contributed by atoms with E-state index in [1.807, 2.05) is 43.3 Å². The smallest absolute Gasteiger partial charge is 0.213 e. The molecule has 23 heavy (non-hydrogen) atoms. The molecule has 0 spiro atoms. The van der Waals surface area contributed by atoms with Crippen molar-refractivity contribution in [1.29, 1.82) is 0 Å². The number of anilines is 1. The molecule has 4 heteroatoms. The van der Waals surface area contributed by atoms with Crippen molar-refractivity contribution < 1.29 is 9.59 Å². The second kappa shape index (κ2) is 4.74. The first-order valence-electron chi connectivity index (χ1n) is 7.36. The number of rotatable bonds is 1. The maximum Gasteiger partial charge on any atom is 0.213 e. The molecular weight excluding hydrogens is 288 g/mol. The van der Waals surface area contributed by atoms with Crippen LogP contribution in [0.1, 0.15) is 32.0 Å². The minimum Gasteiger partial charge on any atom is -0.378 e. The molecule has 1 aromatic heterocycles. The summed E-state index contributed by atoms with van der Waals surface area (Å²) < 4.78 is 0. The molecule has 2 aromatic carbocycles. The molecule has 0 unspecified atom stereocenters. The summed E-state index contributed by atoms with van der Waals surface area (Å²) in [7, 11) is 3.89. The van der Waals surface area contributed by atoms with E-state index in [4.69, 9.17) is 0 Å². The zero-order valence-corrected chi connectivity index (χ0v) is 12.8. The van der Waals surface area contributed by atoms with Crippen LogP contribution in [-0.4, -0.2) is 30.6 Å². The number of carbonyl (C=O) groups excluding carboxylic acids is 2. The molecule has 1 aliphatic rings. The van der Waals surface area contributed by atoms with Gasteiger partial charge in [-0.25, -0.2) is 0 Å². The van der Waals surface area contributed by atoms with Gasteiger partial charge >= 0.3 is 0 Å². The minimum absolute atomic E-state index is 0.139. The predicted octanol–water partition coefficient (Wildman–Crippen LogP) is 3.08. The van der Waals surface area contributed by atoms with Crippen LogP contribution in [0.15, 0.2) is 48.7 Å². The van der Waals surface area contributed by atoms with Crippen LogP contribution in [0.4, 0.5) is 5.69 Å². The Morgan fingerprint density at radius 1 is 0.913 bits per heavy atom. The molecule has 4 nitrogen and oxygen atoms in total. The normalized spacial score (nSPS) is 13.0. The van der Waals surface area contributed by atoms with Gasteiger partial charge in [0, 0.05) is 37.1 Å². The highest BCUT2D eigenvalue weighted by Crippen LogP contribution is 2.33. The number of benzene rings is 2. The molecule has 112 valence electrons. The van der Waals surface area contributed by atoms with Crippen molar-refractivity contribution in [3.8, 4) is 0 Å². The van der Waals surface area contributed by atoms with E-state index < -0.39 is 0 Å². The SMILES string of the molecule is CN(C)c1ccc2ccc3c(c2c1)C(=O)c1ncccc1C3=O. The Morgan fingerprint density at radius 3 is 2.48 bits per heavy atom. The number of pyridine rings is 1. The maximum atomic E-state index is 12.9. The van der Waals surface area contributed by atoms with Crippen LogP contribution in [0, 0.1) is 0 Å². The Bertz CT molecular complexity index is 990. The highest BCUT2D eigenvalue weighted by molar-refractivity contribution is 6.31. The van der Waals surface area contributed by atoms with Crippen molar-refractivity contribution in [1.82, 2.24) is 4.98 Å². The first-order valence-corrected chi connectivity index (χ1v) is 7.36. The van der Waals surface area contributed by atoms with Crippen molar-refractivity contribution in [2.45, 2.75) is 0 Å². The fourth-order valence-corrected chi connectivity index (χ4v) is 3.05. The van der Waals surface area contributed by atoms with Gasteiger partial charge in [-0.15, -0.1) is 0 Å². The molecule has 3 aromatic rings. The molecule has 0 saturated carbocycles. The van der Waals surface area contributed by atoms with Gasteiger partial charge in [0.05, 0.1) is 5.56 Å². The maximum absolute atomic E-state index is 12.9. The molecule has 1 aliphatic carbocycles. The van der Waals surface area contributed by atoms with Crippen molar-refractivity contribution in [2.75, 3.05) is 19.0 Å². The third kappa shape index (κ3) is 1.88. The average Bonchev–Trinajstić information content (AvgIpc) is 2.58. The lowest BCUT2D eigenvalue weighted by Crippen LogP contribution is -2.22. The fourth-order valence-electron chi connectivity index (χ4n) is 3.05. The predicted molar refractivity (Wildman–Crippen MR) is 89.4 cm³/mol. The lowest BCUT2D eigenvalue weighted by atomic mass is 9.84. The first-order chi connectivity index (χ1) is 11.1. The summed E-state index contributed by atoms with van der Waals surface area (Å²) >= 11 is 0. The summed E-state index contributed by atoms with van der Waals surface area (Å²) in [4.78, 5) is 31.7. The van der Waals surface area contributed by atoms with Gasteiger partial charge in [0.25, 0.3) is 0 Å². The number of aromatic nitrogens is 1. The monoisotopic (exact) mass is 302 g/mol. The minimum atomic E-state index is -0.184. The number of hydrogen-bond donors (Lipinski definition) is 0. The lowest BCUT2D eigenvalue weighted by Gasteiger charge is -2.19. The van der Waals surface area contributed by atoms with Gasteiger partial charge in [-0.2, -0.15) is 0 Å². The largest absolute Gasteiger partial charge is 0.378 e. The molecular formula is C19H14N2O2. The zero-order valence-electron chi connectivity index (χ0n) is 12.8. The van der Waals surface area contributed by atoms with Crippen LogP contribution >= 0.6 is 0 Å². The third-order valence-corrected chi connectivity index (χ3v) is 4.26. The first kappa shape index (κ1) is 13.6. The number of ketones is 2. The summed E-state index contributed by atoms with van der Waals surface area (Å²) in [5.74, 6) is -0.323. The van der Waals surface area contributed by atoms with Crippen LogP contribution in [0.3, 0.4) is 0 Å². The van der Waals surface area contributed by atoms with E-state index in [2.05, 4.69) is 4.98 Å². The highest BCUT2D eigenvalue weighted by atomic mass is 16.1. The summed E-state index contributed by atoms with van der Waals surface area (Å²) in [5.41, 5.74) is 2.53. The van der Waals surface area contributed by atoms with E-state index in [0.717, 1.165) is 16.5 Å². The van der Waals surface area contributed by atoms with Crippen molar-refractivity contribution >= 4 is 28.0 Å². The summed E-state index contributed by atoms with van der Waals surface area (Å²) in [6, 6.07) is 12.9. The average molecular weight is 302 g/mol.